The number of hydrogen-bond donors (Lipinski definition) is 2. The van der Waals surface area contributed by atoms with Crippen molar-refractivity contribution >= 4 is 35.1 Å². The first-order valence-corrected chi connectivity index (χ1v) is 8.75. The summed E-state index contributed by atoms with van der Waals surface area (Å²) in [6.07, 6.45) is -0.490. The summed E-state index contributed by atoms with van der Waals surface area (Å²) in [7, 11) is 0. The summed E-state index contributed by atoms with van der Waals surface area (Å²) in [6.45, 7) is 0. The van der Waals surface area contributed by atoms with E-state index < -0.39 is 24.2 Å². The van der Waals surface area contributed by atoms with Crippen molar-refractivity contribution in [3.8, 4) is 16.9 Å². The van der Waals surface area contributed by atoms with Crippen LogP contribution in [0.25, 0.3) is 16.9 Å². The Labute approximate surface area is 165 Å². The van der Waals surface area contributed by atoms with Crippen LogP contribution in [0.3, 0.4) is 0 Å². The Bertz CT molecular complexity index is 985. The van der Waals surface area contributed by atoms with E-state index in [9.17, 15) is 14.7 Å². The van der Waals surface area contributed by atoms with Crippen molar-refractivity contribution < 1.29 is 14.7 Å². The molecule has 8 heteroatoms. The number of carbonyl (C=O) groups excluding carboxylic acids is 1. The Balaban J connectivity index is 2.25. The van der Waals surface area contributed by atoms with Crippen molar-refractivity contribution in [1.82, 2.24) is 9.78 Å². The molecule has 0 radical (unpaired) electrons. The van der Waals surface area contributed by atoms with Crippen LogP contribution < -0.4 is 5.73 Å². The number of carboxylic acids is 1. The maximum absolute atomic E-state index is 12.0. The molecule has 27 heavy (non-hydrogen) atoms. The zero-order valence-corrected chi connectivity index (χ0v) is 15.5. The van der Waals surface area contributed by atoms with Gasteiger partial charge < -0.3 is 10.8 Å². The Morgan fingerprint density at radius 2 is 1.70 bits per heavy atom. The van der Waals surface area contributed by atoms with Gasteiger partial charge in [-0.25, -0.2) is 4.68 Å². The minimum absolute atomic E-state index is 0.135. The van der Waals surface area contributed by atoms with E-state index >= 15 is 0 Å². The normalized spacial score (nSPS) is 11.9. The molecule has 0 saturated carbocycles. The van der Waals surface area contributed by atoms with E-state index in [1.807, 2.05) is 18.2 Å². The number of carboxylic acid groups (broad SMARTS) is 1. The van der Waals surface area contributed by atoms with Crippen LogP contribution in [0.1, 0.15) is 17.9 Å². The maximum atomic E-state index is 12.0. The third kappa shape index (κ3) is 3.97. The second kappa shape index (κ2) is 7.82. The SMILES string of the molecule is NC(=O)C(CC(=O)O)c1c(-c2ccc(Cl)cc2)nn(-c2ccccc2)c1Cl. The number of aromatic nitrogens is 2. The van der Waals surface area contributed by atoms with Crippen molar-refractivity contribution in [3.05, 3.63) is 70.3 Å². The summed E-state index contributed by atoms with van der Waals surface area (Å²) < 4.78 is 1.46. The lowest BCUT2D eigenvalue weighted by Gasteiger charge is -2.12. The van der Waals surface area contributed by atoms with Crippen molar-refractivity contribution in [1.29, 1.82) is 0 Å². The summed E-state index contributed by atoms with van der Waals surface area (Å²) in [6, 6.07) is 15.9. The van der Waals surface area contributed by atoms with Gasteiger partial charge in [0.05, 0.1) is 23.7 Å². The third-order valence-corrected chi connectivity index (χ3v) is 4.67. The largest absolute Gasteiger partial charge is 0.481 e. The molecule has 0 fully saturated rings. The molecule has 3 rings (SSSR count). The highest BCUT2D eigenvalue weighted by molar-refractivity contribution is 6.31. The van der Waals surface area contributed by atoms with Crippen LogP contribution in [0.15, 0.2) is 54.6 Å². The molecule has 1 heterocycles. The van der Waals surface area contributed by atoms with E-state index in [1.165, 1.54) is 4.68 Å². The third-order valence-electron chi connectivity index (χ3n) is 4.05. The highest BCUT2D eigenvalue weighted by Crippen LogP contribution is 2.37. The lowest BCUT2D eigenvalue weighted by Crippen LogP contribution is -2.24. The maximum Gasteiger partial charge on any atom is 0.304 e. The minimum atomic E-state index is -1.16. The van der Waals surface area contributed by atoms with Gasteiger partial charge in [-0.1, -0.05) is 53.5 Å². The van der Waals surface area contributed by atoms with E-state index in [0.29, 0.717) is 22.0 Å². The number of halogens is 2. The second-order valence-electron chi connectivity index (χ2n) is 5.86. The molecular formula is C19H15Cl2N3O3. The topological polar surface area (TPSA) is 98.2 Å². The van der Waals surface area contributed by atoms with Gasteiger partial charge in [-0.15, -0.1) is 0 Å². The number of aliphatic carboxylic acids is 1. The first kappa shape index (κ1) is 18.9. The lowest BCUT2D eigenvalue weighted by atomic mass is 9.93. The second-order valence-corrected chi connectivity index (χ2v) is 6.65. The van der Waals surface area contributed by atoms with E-state index in [-0.39, 0.29) is 10.7 Å². The molecule has 0 spiro atoms. The van der Waals surface area contributed by atoms with E-state index in [4.69, 9.17) is 28.9 Å². The number of nitrogens with zero attached hydrogens (tertiary/aromatic N) is 2. The van der Waals surface area contributed by atoms with E-state index in [0.717, 1.165) is 0 Å². The van der Waals surface area contributed by atoms with Gasteiger partial charge in [-0.3, -0.25) is 9.59 Å². The van der Waals surface area contributed by atoms with Gasteiger partial charge >= 0.3 is 5.97 Å². The van der Waals surface area contributed by atoms with Gasteiger partial charge in [0.25, 0.3) is 0 Å². The van der Waals surface area contributed by atoms with Crippen molar-refractivity contribution in [2.24, 2.45) is 5.73 Å². The Morgan fingerprint density at radius 1 is 1.07 bits per heavy atom. The predicted octanol–water partition coefficient (Wildman–Crippen LogP) is 3.89. The molecule has 3 N–H and O–H groups in total. The fraction of sp³-hybridized carbons (Fsp3) is 0.105. The molecule has 0 aliphatic carbocycles. The van der Waals surface area contributed by atoms with E-state index in [2.05, 4.69) is 5.10 Å². The standard InChI is InChI=1S/C19H15Cl2N3O3/c20-12-8-6-11(7-9-12)17-16(14(19(22)27)10-15(25)26)18(21)24(23-17)13-4-2-1-3-5-13/h1-9,14H,10H2,(H2,22,27)(H,25,26). The molecule has 2 aromatic carbocycles. The van der Waals surface area contributed by atoms with Crippen molar-refractivity contribution in [3.63, 3.8) is 0 Å². The highest BCUT2D eigenvalue weighted by Gasteiger charge is 2.31. The molecule has 138 valence electrons. The molecule has 0 bridgehead atoms. The van der Waals surface area contributed by atoms with Crippen LogP contribution in [0.4, 0.5) is 0 Å². The Morgan fingerprint density at radius 3 is 2.26 bits per heavy atom. The van der Waals surface area contributed by atoms with Gasteiger partial charge in [0.15, 0.2) is 0 Å². The monoisotopic (exact) mass is 403 g/mol. The molecule has 1 amide bonds. The quantitative estimate of drug-likeness (QED) is 0.651. The molecule has 6 nitrogen and oxygen atoms in total. The smallest absolute Gasteiger partial charge is 0.304 e. The van der Waals surface area contributed by atoms with E-state index in [1.54, 1.807) is 36.4 Å². The number of rotatable bonds is 6. The van der Waals surface area contributed by atoms with Gasteiger partial charge in [-0.05, 0) is 24.3 Å². The number of nitrogens with two attached hydrogens (primary N) is 1. The fourth-order valence-corrected chi connectivity index (χ4v) is 3.28. The molecule has 1 aromatic heterocycles. The van der Waals surface area contributed by atoms with Crippen LogP contribution in [0.5, 0.6) is 0 Å². The summed E-state index contributed by atoms with van der Waals surface area (Å²) in [5.74, 6) is -3.08. The predicted molar refractivity (Wildman–Crippen MR) is 103 cm³/mol. The van der Waals surface area contributed by atoms with Gasteiger partial charge in [0, 0.05) is 16.1 Å². The van der Waals surface area contributed by atoms with Crippen LogP contribution in [0.2, 0.25) is 10.2 Å². The van der Waals surface area contributed by atoms with Crippen LogP contribution in [0, 0.1) is 0 Å². The average Bonchev–Trinajstić information content (AvgIpc) is 2.98. The Hall–Kier alpha value is -2.83. The highest BCUT2D eigenvalue weighted by atomic mass is 35.5. The molecule has 0 aliphatic heterocycles. The fourth-order valence-electron chi connectivity index (χ4n) is 2.80. The van der Waals surface area contributed by atoms with Gasteiger partial charge in [0.1, 0.15) is 5.15 Å². The average molecular weight is 404 g/mol. The van der Waals surface area contributed by atoms with Crippen LogP contribution in [-0.2, 0) is 9.59 Å². The molecule has 3 aromatic rings. The number of para-hydroxylation sites is 1. The Kier molecular flexibility index (Phi) is 5.48. The summed E-state index contributed by atoms with van der Waals surface area (Å²) in [5.41, 5.74) is 7.45. The number of benzene rings is 2. The molecule has 1 unspecified atom stereocenters. The zero-order chi connectivity index (χ0) is 19.6. The van der Waals surface area contributed by atoms with Crippen LogP contribution >= 0.6 is 23.2 Å². The van der Waals surface area contributed by atoms with Gasteiger partial charge in [0.2, 0.25) is 5.91 Å². The summed E-state index contributed by atoms with van der Waals surface area (Å²) in [5, 5.41) is 14.4. The number of carbonyl (C=O) groups is 2. The molecule has 1 atom stereocenters. The minimum Gasteiger partial charge on any atom is -0.481 e. The number of amides is 1. The van der Waals surface area contributed by atoms with Gasteiger partial charge in [-0.2, -0.15) is 5.10 Å². The van der Waals surface area contributed by atoms with Crippen molar-refractivity contribution in [2.75, 3.05) is 0 Å². The number of primary amides is 1. The van der Waals surface area contributed by atoms with Crippen molar-refractivity contribution in [2.45, 2.75) is 12.3 Å². The summed E-state index contributed by atoms with van der Waals surface area (Å²) >= 11 is 12.5. The zero-order valence-electron chi connectivity index (χ0n) is 14.0. The molecule has 0 saturated heterocycles. The molecular weight excluding hydrogens is 389 g/mol. The first-order chi connectivity index (χ1) is 12.9. The van der Waals surface area contributed by atoms with Crippen LogP contribution in [-0.4, -0.2) is 26.8 Å². The molecule has 0 aliphatic rings. The lowest BCUT2D eigenvalue weighted by molar-refractivity contribution is -0.139. The number of hydrogen-bond acceptors (Lipinski definition) is 3. The first-order valence-electron chi connectivity index (χ1n) is 7.99. The summed E-state index contributed by atoms with van der Waals surface area (Å²) in [4.78, 5) is 23.3.